The molecule has 2 saturated carbocycles. The van der Waals surface area contributed by atoms with Crippen molar-refractivity contribution >= 4 is 34.2 Å². The fourth-order valence-corrected chi connectivity index (χ4v) is 5.84. The third kappa shape index (κ3) is 4.03. The van der Waals surface area contributed by atoms with Crippen LogP contribution >= 0.6 is 11.6 Å². The highest BCUT2D eigenvalue weighted by molar-refractivity contribution is 6.30. The molecule has 1 unspecified atom stereocenters. The highest BCUT2D eigenvalue weighted by Crippen LogP contribution is 2.54. The van der Waals surface area contributed by atoms with Gasteiger partial charge in [-0.3, -0.25) is 9.78 Å². The molecule has 0 aliphatic heterocycles. The van der Waals surface area contributed by atoms with Crippen molar-refractivity contribution in [1.29, 1.82) is 0 Å². The number of nitrogens with one attached hydrogen (secondary N) is 1. The number of carbonyl (C=O) groups is 1. The maximum Gasteiger partial charge on any atom is 0.228 e. The first kappa shape index (κ1) is 20.4. The normalized spacial score (nSPS) is 26.0. The van der Waals surface area contributed by atoms with Crippen LogP contribution in [0.25, 0.3) is 10.9 Å². The third-order valence-corrected chi connectivity index (χ3v) is 7.55. The Labute approximate surface area is 186 Å². The standard InChI is InChI=1S/C25H25ClFN3O/c1-14(25(31)30-24-5-2-19(26)13-29-24)15-8-16-10-18(11-17(16)9-15)21-6-7-28-23-4-3-20(27)12-22(21)23/h2-7,12-18H,8-11H2,1H3,(H,29,30,31)/t14-,15-,16-,17+,18?/m1/s1. The van der Waals surface area contributed by atoms with Gasteiger partial charge in [0.05, 0.1) is 10.5 Å². The summed E-state index contributed by atoms with van der Waals surface area (Å²) in [5.74, 6) is 2.35. The summed E-state index contributed by atoms with van der Waals surface area (Å²) in [7, 11) is 0. The lowest BCUT2D eigenvalue weighted by molar-refractivity contribution is -0.120. The number of benzene rings is 1. The predicted molar refractivity (Wildman–Crippen MR) is 120 cm³/mol. The van der Waals surface area contributed by atoms with Crippen molar-refractivity contribution in [2.24, 2.45) is 23.7 Å². The van der Waals surface area contributed by atoms with Crippen LogP contribution < -0.4 is 5.32 Å². The molecule has 2 heterocycles. The second-order valence-electron chi connectivity index (χ2n) is 9.12. The number of nitrogens with zero attached hydrogens (tertiary/aromatic N) is 2. The largest absolute Gasteiger partial charge is 0.310 e. The lowest BCUT2D eigenvalue weighted by atomic mass is 9.86. The van der Waals surface area contributed by atoms with E-state index in [0.717, 1.165) is 36.6 Å². The highest BCUT2D eigenvalue weighted by atomic mass is 35.5. The second kappa shape index (κ2) is 8.19. The number of halogens is 2. The molecule has 5 atom stereocenters. The topological polar surface area (TPSA) is 54.9 Å². The van der Waals surface area contributed by atoms with Gasteiger partial charge >= 0.3 is 0 Å². The highest BCUT2D eigenvalue weighted by Gasteiger charge is 2.44. The zero-order valence-corrected chi connectivity index (χ0v) is 18.1. The van der Waals surface area contributed by atoms with Crippen molar-refractivity contribution in [1.82, 2.24) is 9.97 Å². The zero-order chi connectivity index (χ0) is 21.5. The smallest absolute Gasteiger partial charge is 0.228 e. The summed E-state index contributed by atoms with van der Waals surface area (Å²) < 4.78 is 13.8. The Balaban J connectivity index is 1.24. The van der Waals surface area contributed by atoms with Crippen LogP contribution in [0.3, 0.4) is 0 Å². The Bertz CT molecular complexity index is 1110. The Hall–Kier alpha value is -2.53. The first-order valence-corrected chi connectivity index (χ1v) is 11.3. The van der Waals surface area contributed by atoms with Crippen LogP contribution in [0.1, 0.15) is 44.1 Å². The van der Waals surface area contributed by atoms with Gasteiger partial charge in [-0.15, -0.1) is 0 Å². The van der Waals surface area contributed by atoms with Crippen molar-refractivity contribution < 1.29 is 9.18 Å². The SMILES string of the molecule is C[C@@H](C(=O)Nc1ccc(Cl)cn1)[C@H]1C[C@H]2CC(c3ccnc4ccc(F)cc34)C[C@H]2C1. The van der Waals surface area contributed by atoms with Crippen molar-refractivity contribution in [2.75, 3.05) is 5.32 Å². The van der Waals surface area contributed by atoms with Crippen molar-refractivity contribution in [3.05, 3.63) is 65.2 Å². The quantitative estimate of drug-likeness (QED) is 0.527. The van der Waals surface area contributed by atoms with Crippen LogP contribution in [0.4, 0.5) is 10.2 Å². The maximum absolute atomic E-state index is 13.8. The molecule has 1 amide bonds. The number of hydrogen-bond acceptors (Lipinski definition) is 3. The van der Waals surface area contributed by atoms with E-state index in [1.54, 1.807) is 24.3 Å². The molecule has 4 nitrogen and oxygen atoms in total. The van der Waals surface area contributed by atoms with Gasteiger partial charge in [0, 0.05) is 23.7 Å². The molecule has 2 aliphatic rings. The second-order valence-corrected chi connectivity index (χ2v) is 9.56. The molecule has 1 N–H and O–H groups in total. The maximum atomic E-state index is 13.8. The molecule has 160 valence electrons. The molecular weight excluding hydrogens is 413 g/mol. The molecule has 5 rings (SSSR count). The molecule has 2 aromatic heterocycles. The van der Waals surface area contributed by atoms with Gasteiger partial charge in [0.1, 0.15) is 11.6 Å². The Kier molecular flexibility index (Phi) is 5.39. The molecular formula is C25H25ClFN3O. The number of rotatable bonds is 4. The van der Waals surface area contributed by atoms with E-state index < -0.39 is 0 Å². The lowest BCUT2D eigenvalue weighted by Gasteiger charge is -2.21. The van der Waals surface area contributed by atoms with Crippen LogP contribution in [-0.4, -0.2) is 15.9 Å². The van der Waals surface area contributed by atoms with Crippen molar-refractivity contribution in [2.45, 2.75) is 38.5 Å². The van der Waals surface area contributed by atoms with E-state index in [1.165, 1.54) is 17.8 Å². The van der Waals surface area contributed by atoms with Gasteiger partial charge in [-0.05, 0) is 91.3 Å². The van der Waals surface area contributed by atoms with E-state index in [9.17, 15) is 9.18 Å². The van der Waals surface area contributed by atoms with E-state index >= 15 is 0 Å². The summed E-state index contributed by atoms with van der Waals surface area (Å²) >= 11 is 5.87. The van der Waals surface area contributed by atoms with Crippen LogP contribution in [0, 0.1) is 29.5 Å². The van der Waals surface area contributed by atoms with Gasteiger partial charge in [-0.1, -0.05) is 18.5 Å². The zero-order valence-electron chi connectivity index (χ0n) is 17.4. The summed E-state index contributed by atoms with van der Waals surface area (Å²) in [6.07, 6.45) is 7.72. The summed E-state index contributed by atoms with van der Waals surface area (Å²) in [6, 6.07) is 10.4. The van der Waals surface area contributed by atoms with E-state index in [-0.39, 0.29) is 17.6 Å². The molecule has 2 aliphatic carbocycles. The van der Waals surface area contributed by atoms with E-state index in [1.807, 2.05) is 13.1 Å². The predicted octanol–water partition coefficient (Wildman–Crippen LogP) is 6.22. The minimum Gasteiger partial charge on any atom is -0.310 e. The molecule has 0 spiro atoms. The molecule has 0 radical (unpaired) electrons. The molecule has 6 heteroatoms. The minimum atomic E-state index is -0.213. The van der Waals surface area contributed by atoms with Gasteiger partial charge in [0.2, 0.25) is 5.91 Å². The van der Waals surface area contributed by atoms with Gasteiger partial charge in [-0.25, -0.2) is 9.37 Å². The van der Waals surface area contributed by atoms with Crippen LogP contribution in [0.5, 0.6) is 0 Å². The molecule has 0 saturated heterocycles. The first-order chi connectivity index (χ1) is 15.0. The number of pyridine rings is 2. The monoisotopic (exact) mass is 437 g/mol. The Morgan fingerprint density at radius 3 is 2.58 bits per heavy atom. The van der Waals surface area contributed by atoms with Gasteiger partial charge in [-0.2, -0.15) is 0 Å². The lowest BCUT2D eigenvalue weighted by Crippen LogP contribution is -2.26. The molecule has 31 heavy (non-hydrogen) atoms. The number of fused-ring (bicyclic) bond motifs is 2. The van der Waals surface area contributed by atoms with Crippen LogP contribution in [0.15, 0.2) is 48.8 Å². The summed E-state index contributed by atoms with van der Waals surface area (Å²) in [6.45, 7) is 2.02. The van der Waals surface area contributed by atoms with E-state index in [0.29, 0.717) is 34.5 Å². The molecule has 0 bridgehead atoms. The summed E-state index contributed by atoms with van der Waals surface area (Å²) in [5.41, 5.74) is 2.07. The number of anilines is 1. The number of hydrogen-bond donors (Lipinski definition) is 1. The minimum absolute atomic E-state index is 0.0203. The number of aromatic nitrogens is 2. The van der Waals surface area contributed by atoms with E-state index in [4.69, 9.17) is 11.6 Å². The average Bonchev–Trinajstić information content (AvgIpc) is 3.33. The van der Waals surface area contributed by atoms with Crippen molar-refractivity contribution in [3.63, 3.8) is 0 Å². The van der Waals surface area contributed by atoms with Gasteiger partial charge in [0.15, 0.2) is 0 Å². The van der Waals surface area contributed by atoms with E-state index in [2.05, 4.69) is 21.4 Å². The first-order valence-electron chi connectivity index (χ1n) is 10.9. The summed E-state index contributed by atoms with van der Waals surface area (Å²) in [4.78, 5) is 21.3. The third-order valence-electron chi connectivity index (χ3n) is 7.33. The van der Waals surface area contributed by atoms with Crippen LogP contribution in [-0.2, 0) is 4.79 Å². The fourth-order valence-electron chi connectivity index (χ4n) is 5.73. The molecule has 3 aromatic rings. The van der Waals surface area contributed by atoms with Gasteiger partial charge in [0.25, 0.3) is 0 Å². The average molecular weight is 438 g/mol. The fraction of sp³-hybridized carbons (Fsp3) is 0.400. The summed E-state index contributed by atoms with van der Waals surface area (Å²) in [5, 5.41) is 4.41. The Morgan fingerprint density at radius 2 is 1.87 bits per heavy atom. The van der Waals surface area contributed by atoms with Crippen molar-refractivity contribution in [3.8, 4) is 0 Å². The number of carbonyl (C=O) groups excluding carboxylic acids is 1. The number of amides is 1. The van der Waals surface area contributed by atoms with Gasteiger partial charge < -0.3 is 5.32 Å². The van der Waals surface area contributed by atoms with Crippen LogP contribution in [0.2, 0.25) is 5.02 Å². The molecule has 1 aromatic carbocycles. The molecule has 2 fully saturated rings. The Morgan fingerprint density at radius 1 is 1.10 bits per heavy atom.